The summed E-state index contributed by atoms with van der Waals surface area (Å²) in [5.74, 6) is 0.690. The molecule has 0 aliphatic carbocycles. The molecule has 1 aliphatic rings. The Hall–Kier alpha value is -2.82. The second kappa shape index (κ2) is 8.33. The standard InChI is InChI=1S/C20H21NO4/c22-13-16-8-10-19(11-9-16)24-15-18-7-4-12-21(18)20(23)25-14-17-5-2-1-3-6-17/h1-3,5-6,8-11,13,18H,4,7,12,14-15H2/t18-/m0/s1. The van der Waals surface area contributed by atoms with Crippen molar-refractivity contribution in [1.29, 1.82) is 0 Å². The van der Waals surface area contributed by atoms with Gasteiger partial charge < -0.3 is 14.4 Å². The van der Waals surface area contributed by atoms with Crippen LogP contribution in [0.15, 0.2) is 54.6 Å². The molecule has 5 heteroatoms. The van der Waals surface area contributed by atoms with Gasteiger partial charge >= 0.3 is 6.09 Å². The van der Waals surface area contributed by atoms with E-state index in [2.05, 4.69) is 0 Å². The molecule has 0 saturated carbocycles. The van der Waals surface area contributed by atoms with Gasteiger partial charge in [-0.2, -0.15) is 0 Å². The monoisotopic (exact) mass is 339 g/mol. The minimum Gasteiger partial charge on any atom is -0.491 e. The quantitative estimate of drug-likeness (QED) is 0.754. The first kappa shape index (κ1) is 17.0. The number of nitrogens with zero attached hydrogens (tertiary/aromatic N) is 1. The van der Waals surface area contributed by atoms with Gasteiger partial charge in [-0.15, -0.1) is 0 Å². The Labute approximate surface area is 147 Å². The molecular formula is C20H21NO4. The van der Waals surface area contributed by atoms with E-state index in [0.717, 1.165) is 24.7 Å². The third-order valence-corrected chi connectivity index (χ3v) is 4.28. The Bertz CT molecular complexity index is 699. The largest absolute Gasteiger partial charge is 0.491 e. The molecule has 0 bridgehead atoms. The molecule has 0 spiro atoms. The highest BCUT2D eigenvalue weighted by molar-refractivity contribution is 5.74. The van der Waals surface area contributed by atoms with Gasteiger partial charge in [-0.1, -0.05) is 30.3 Å². The summed E-state index contributed by atoms with van der Waals surface area (Å²) in [6, 6.07) is 16.6. The molecule has 0 unspecified atom stereocenters. The molecule has 25 heavy (non-hydrogen) atoms. The molecule has 1 aliphatic heterocycles. The van der Waals surface area contributed by atoms with Crippen molar-refractivity contribution in [3.8, 4) is 5.75 Å². The lowest BCUT2D eigenvalue weighted by molar-refractivity contribution is 0.0823. The average Bonchev–Trinajstić information content (AvgIpc) is 3.14. The van der Waals surface area contributed by atoms with Crippen LogP contribution < -0.4 is 4.74 Å². The molecule has 2 aromatic rings. The summed E-state index contributed by atoms with van der Waals surface area (Å²) in [5, 5.41) is 0. The molecule has 0 N–H and O–H groups in total. The summed E-state index contributed by atoms with van der Waals surface area (Å²) in [6.07, 6.45) is 2.34. The SMILES string of the molecule is O=Cc1ccc(OC[C@@H]2CCCN2C(=O)OCc2ccccc2)cc1. The first-order chi connectivity index (χ1) is 12.3. The zero-order chi connectivity index (χ0) is 17.5. The van der Waals surface area contributed by atoms with Crippen LogP contribution in [0.25, 0.3) is 0 Å². The van der Waals surface area contributed by atoms with Crippen LogP contribution in [-0.2, 0) is 11.3 Å². The molecule has 2 aromatic carbocycles. The maximum Gasteiger partial charge on any atom is 0.410 e. The number of aldehydes is 1. The number of rotatable bonds is 6. The highest BCUT2D eigenvalue weighted by atomic mass is 16.6. The number of carbonyl (C=O) groups is 2. The van der Waals surface area contributed by atoms with E-state index in [-0.39, 0.29) is 18.7 Å². The molecule has 5 nitrogen and oxygen atoms in total. The fourth-order valence-corrected chi connectivity index (χ4v) is 2.89. The predicted molar refractivity (Wildman–Crippen MR) is 93.7 cm³/mol. The van der Waals surface area contributed by atoms with Crippen LogP contribution in [0, 0.1) is 0 Å². The summed E-state index contributed by atoms with van der Waals surface area (Å²) in [6.45, 7) is 1.38. The van der Waals surface area contributed by atoms with E-state index in [0.29, 0.717) is 24.5 Å². The van der Waals surface area contributed by atoms with Crippen molar-refractivity contribution in [2.45, 2.75) is 25.5 Å². The van der Waals surface area contributed by atoms with Gasteiger partial charge in [-0.25, -0.2) is 4.79 Å². The zero-order valence-electron chi connectivity index (χ0n) is 14.0. The van der Waals surface area contributed by atoms with E-state index in [1.54, 1.807) is 29.2 Å². The van der Waals surface area contributed by atoms with E-state index in [9.17, 15) is 9.59 Å². The highest BCUT2D eigenvalue weighted by Gasteiger charge is 2.30. The minimum atomic E-state index is -0.300. The van der Waals surface area contributed by atoms with Crippen molar-refractivity contribution in [3.63, 3.8) is 0 Å². The second-order valence-corrected chi connectivity index (χ2v) is 6.03. The van der Waals surface area contributed by atoms with Gasteiger partial charge in [0.25, 0.3) is 0 Å². The van der Waals surface area contributed by atoms with Crippen LogP contribution in [0.1, 0.15) is 28.8 Å². The third kappa shape index (κ3) is 4.59. The van der Waals surface area contributed by atoms with E-state index in [1.807, 2.05) is 30.3 Å². The molecule has 130 valence electrons. The number of carbonyl (C=O) groups excluding carboxylic acids is 2. The predicted octanol–water partition coefficient (Wildman–Crippen LogP) is 3.68. The van der Waals surface area contributed by atoms with E-state index < -0.39 is 0 Å². The van der Waals surface area contributed by atoms with Crippen LogP contribution in [0.3, 0.4) is 0 Å². The number of ether oxygens (including phenoxy) is 2. The minimum absolute atomic E-state index is 0.00835. The van der Waals surface area contributed by atoms with E-state index in [1.165, 1.54) is 0 Å². The van der Waals surface area contributed by atoms with Gasteiger partial charge in [-0.05, 0) is 42.7 Å². The fraction of sp³-hybridized carbons (Fsp3) is 0.300. The van der Waals surface area contributed by atoms with Gasteiger partial charge in [0.2, 0.25) is 0 Å². The number of benzene rings is 2. The molecule has 1 fully saturated rings. The zero-order valence-corrected chi connectivity index (χ0v) is 14.0. The molecular weight excluding hydrogens is 318 g/mol. The lowest BCUT2D eigenvalue weighted by Crippen LogP contribution is -2.39. The molecule has 1 atom stereocenters. The van der Waals surface area contributed by atoms with Crippen molar-refractivity contribution in [3.05, 3.63) is 65.7 Å². The number of likely N-dealkylation sites (tertiary alicyclic amines) is 1. The van der Waals surface area contributed by atoms with Gasteiger partial charge in [0.1, 0.15) is 25.2 Å². The second-order valence-electron chi connectivity index (χ2n) is 6.03. The number of amides is 1. The van der Waals surface area contributed by atoms with Crippen molar-refractivity contribution in [1.82, 2.24) is 4.90 Å². The van der Waals surface area contributed by atoms with Crippen LogP contribution in [0.2, 0.25) is 0 Å². The maximum absolute atomic E-state index is 12.3. The van der Waals surface area contributed by atoms with Gasteiger partial charge in [-0.3, -0.25) is 4.79 Å². The Morgan fingerprint density at radius 2 is 1.88 bits per heavy atom. The van der Waals surface area contributed by atoms with E-state index >= 15 is 0 Å². The smallest absolute Gasteiger partial charge is 0.410 e. The van der Waals surface area contributed by atoms with Gasteiger partial charge in [0, 0.05) is 12.1 Å². The summed E-state index contributed by atoms with van der Waals surface area (Å²) in [5.41, 5.74) is 1.58. The van der Waals surface area contributed by atoms with Crippen molar-refractivity contribution in [2.24, 2.45) is 0 Å². The number of hydrogen-bond acceptors (Lipinski definition) is 4. The number of hydrogen-bond donors (Lipinski definition) is 0. The molecule has 0 aromatic heterocycles. The normalized spacial score (nSPS) is 16.5. The van der Waals surface area contributed by atoms with Crippen molar-refractivity contribution < 1.29 is 19.1 Å². The maximum atomic E-state index is 12.3. The summed E-state index contributed by atoms with van der Waals surface area (Å²) >= 11 is 0. The lowest BCUT2D eigenvalue weighted by atomic mass is 10.2. The molecule has 1 saturated heterocycles. The first-order valence-corrected chi connectivity index (χ1v) is 8.41. The molecule has 3 rings (SSSR count). The first-order valence-electron chi connectivity index (χ1n) is 8.41. The fourth-order valence-electron chi connectivity index (χ4n) is 2.89. The Morgan fingerprint density at radius 1 is 1.12 bits per heavy atom. The highest BCUT2D eigenvalue weighted by Crippen LogP contribution is 2.21. The van der Waals surface area contributed by atoms with Crippen LogP contribution in [-0.4, -0.2) is 36.5 Å². The molecule has 1 heterocycles. The van der Waals surface area contributed by atoms with Crippen molar-refractivity contribution in [2.75, 3.05) is 13.2 Å². The van der Waals surface area contributed by atoms with Gasteiger partial charge in [0.05, 0.1) is 6.04 Å². The summed E-state index contributed by atoms with van der Waals surface area (Å²) in [4.78, 5) is 24.7. The summed E-state index contributed by atoms with van der Waals surface area (Å²) in [7, 11) is 0. The van der Waals surface area contributed by atoms with E-state index in [4.69, 9.17) is 9.47 Å². The lowest BCUT2D eigenvalue weighted by Gasteiger charge is -2.24. The topological polar surface area (TPSA) is 55.8 Å². The van der Waals surface area contributed by atoms with Gasteiger partial charge in [0.15, 0.2) is 0 Å². The molecule has 0 radical (unpaired) electrons. The van der Waals surface area contributed by atoms with Crippen LogP contribution >= 0.6 is 0 Å². The van der Waals surface area contributed by atoms with Crippen LogP contribution in [0.5, 0.6) is 5.75 Å². The Morgan fingerprint density at radius 3 is 2.60 bits per heavy atom. The van der Waals surface area contributed by atoms with Crippen molar-refractivity contribution >= 4 is 12.4 Å². The van der Waals surface area contributed by atoms with Crippen LogP contribution in [0.4, 0.5) is 4.79 Å². The Kier molecular flexibility index (Phi) is 5.67. The Balaban J connectivity index is 1.50. The molecule has 1 amide bonds. The average molecular weight is 339 g/mol. The third-order valence-electron chi connectivity index (χ3n) is 4.28. The summed E-state index contributed by atoms with van der Waals surface area (Å²) < 4.78 is 11.2.